The minimum Gasteiger partial charge on any atom is -0.354 e. The summed E-state index contributed by atoms with van der Waals surface area (Å²) in [7, 11) is 0. The highest BCUT2D eigenvalue weighted by Crippen LogP contribution is 2.34. The molecule has 150 valence electrons. The Kier molecular flexibility index (Phi) is 5.85. The minimum absolute atomic E-state index is 0.0632. The molecule has 1 atom stereocenters. The molecule has 0 spiro atoms. The van der Waals surface area contributed by atoms with Crippen LogP contribution in [0.1, 0.15) is 32.8 Å². The molecule has 1 aromatic rings. The van der Waals surface area contributed by atoms with Crippen LogP contribution in [0.5, 0.6) is 0 Å². The molecule has 0 radical (unpaired) electrons. The Hall–Kier alpha value is -2.26. The summed E-state index contributed by atoms with van der Waals surface area (Å²) >= 11 is 0. The van der Waals surface area contributed by atoms with Gasteiger partial charge in [0.2, 0.25) is 0 Å². The Balaban J connectivity index is 1.62. The van der Waals surface area contributed by atoms with Crippen molar-refractivity contribution in [2.45, 2.75) is 39.4 Å². The largest absolute Gasteiger partial charge is 0.414 e. The van der Waals surface area contributed by atoms with Crippen molar-refractivity contribution in [2.24, 2.45) is 5.41 Å². The molecule has 1 saturated heterocycles. The fourth-order valence-electron chi connectivity index (χ4n) is 3.36. The maximum Gasteiger partial charge on any atom is 0.414 e. The number of nitrogens with zero attached hydrogens (tertiary/aromatic N) is 3. The topological polar surface area (TPSA) is 19.4 Å². The second-order valence-electron chi connectivity index (χ2n) is 8.19. The molecule has 0 aromatic carbocycles. The molecule has 2 aliphatic rings. The summed E-state index contributed by atoms with van der Waals surface area (Å²) in [6.45, 7) is 8.60. The number of allylic oxidation sites excluding steroid dienone is 2. The van der Waals surface area contributed by atoms with Gasteiger partial charge in [0.1, 0.15) is 5.82 Å². The highest BCUT2D eigenvalue weighted by molar-refractivity contribution is 5.44. The van der Waals surface area contributed by atoms with E-state index in [1.165, 1.54) is 6.08 Å². The zero-order valence-electron chi connectivity index (χ0n) is 16.6. The standard InChI is InChI=1S/C22H26F3N3/c1-21(2,3)11-10-17-8-9-20(26-16-17)28-14-12-27(13-15-28)19-7-5-4-6-18(19)22(23,24)25/h5-9,16,19H,4,12-15H2,1-3H3. The number of hydrogen-bond donors (Lipinski definition) is 0. The molecule has 1 fully saturated rings. The van der Waals surface area contributed by atoms with Crippen molar-refractivity contribution in [1.29, 1.82) is 0 Å². The molecule has 1 aliphatic heterocycles. The predicted molar refractivity (Wildman–Crippen MR) is 106 cm³/mol. The maximum atomic E-state index is 13.3. The number of piperazine rings is 1. The van der Waals surface area contributed by atoms with E-state index < -0.39 is 17.8 Å². The second kappa shape index (κ2) is 8.00. The van der Waals surface area contributed by atoms with Gasteiger partial charge in [-0.2, -0.15) is 13.2 Å². The van der Waals surface area contributed by atoms with Crippen LogP contribution in [0.25, 0.3) is 0 Å². The normalized spacial score (nSPS) is 21.1. The number of hydrogen-bond acceptors (Lipinski definition) is 3. The molecule has 3 rings (SSSR count). The van der Waals surface area contributed by atoms with E-state index in [2.05, 4.69) is 42.5 Å². The average molecular weight is 389 g/mol. The van der Waals surface area contributed by atoms with Crippen molar-refractivity contribution in [3.8, 4) is 11.8 Å². The smallest absolute Gasteiger partial charge is 0.354 e. The Bertz CT molecular complexity index is 797. The quantitative estimate of drug-likeness (QED) is 0.551. The van der Waals surface area contributed by atoms with E-state index in [4.69, 9.17) is 0 Å². The van der Waals surface area contributed by atoms with Gasteiger partial charge in [-0.05, 0) is 39.3 Å². The minimum atomic E-state index is -4.28. The van der Waals surface area contributed by atoms with Crippen molar-refractivity contribution in [1.82, 2.24) is 9.88 Å². The van der Waals surface area contributed by atoms with Gasteiger partial charge >= 0.3 is 6.18 Å². The first kappa shape index (κ1) is 20.5. The fraction of sp³-hybridized carbons (Fsp3) is 0.500. The predicted octanol–water partition coefficient (Wildman–Crippen LogP) is 4.42. The summed E-state index contributed by atoms with van der Waals surface area (Å²) in [5, 5.41) is 0. The van der Waals surface area contributed by atoms with Crippen LogP contribution in [0.4, 0.5) is 19.0 Å². The highest BCUT2D eigenvalue weighted by atomic mass is 19.4. The van der Waals surface area contributed by atoms with E-state index in [9.17, 15) is 13.2 Å². The Morgan fingerprint density at radius 3 is 2.36 bits per heavy atom. The molecule has 2 heterocycles. The maximum absolute atomic E-state index is 13.3. The van der Waals surface area contributed by atoms with E-state index in [1.807, 2.05) is 23.1 Å². The van der Waals surface area contributed by atoms with Gasteiger partial charge in [-0.1, -0.05) is 30.1 Å². The van der Waals surface area contributed by atoms with Crippen LogP contribution in [0, 0.1) is 17.3 Å². The third-order valence-corrected chi connectivity index (χ3v) is 4.80. The van der Waals surface area contributed by atoms with Gasteiger partial charge in [-0.25, -0.2) is 4.98 Å². The Labute approximate surface area is 164 Å². The van der Waals surface area contributed by atoms with Gasteiger partial charge in [0, 0.05) is 43.4 Å². The zero-order chi connectivity index (χ0) is 20.4. The first-order valence-corrected chi connectivity index (χ1v) is 9.56. The Morgan fingerprint density at radius 2 is 1.79 bits per heavy atom. The Morgan fingerprint density at radius 1 is 1.07 bits per heavy atom. The van der Waals surface area contributed by atoms with E-state index in [1.54, 1.807) is 12.3 Å². The van der Waals surface area contributed by atoms with E-state index in [-0.39, 0.29) is 5.41 Å². The van der Waals surface area contributed by atoms with E-state index >= 15 is 0 Å². The molecule has 6 heteroatoms. The third kappa shape index (κ3) is 5.17. The average Bonchev–Trinajstić information content (AvgIpc) is 2.66. The molecule has 0 N–H and O–H groups in total. The van der Waals surface area contributed by atoms with Crippen molar-refractivity contribution in [2.75, 3.05) is 31.1 Å². The van der Waals surface area contributed by atoms with Gasteiger partial charge in [0.05, 0.1) is 11.6 Å². The van der Waals surface area contributed by atoms with E-state index in [0.29, 0.717) is 32.6 Å². The summed E-state index contributed by atoms with van der Waals surface area (Å²) in [5.74, 6) is 7.15. The number of alkyl halides is 3. The van der Waals surface area contributed by atoms with Crippen LogP contribution in [-0.4, -0.2) is 48.3 Å². The number of aromatic nitrogens is 1. The summed E-state index contributed by atoms with van der Waals surface area (Å²) in [4.78, 5) is 8.50. The fourth-order valence-corrected chi connectivity index (χ4v) is 3.36. The number of pyridine rings is 1. The number of rotatable bonds is 2. The van der Waals surface area contributed by atoms with Crippen LogP contribution in [0.2, 0.25) is 0 Å². The molecule has 0 bridgehead atoms. The summed E-state index contributed by atoms with van der Waals surface area (Å²) < 4.78 is 39.9. The zero-order valence-corrected chi connectivity index (χ0v) is 16.6. The molecule has 1 aromatic heterocycles. The molecular weight excluding hydrogens is 363 g/mol. The van der Waals surface area contributed by atoms with Crippen molar-refractivity contribution in [3.05, 3.63) is 47.7 Å². The summed E-state index contributed by atoms with van der Waals surface area (Å²) in [6.07, 6.45) is 2.62. The van der Waals surface area contributed by atoms with Crippen LogP contribution >= 0.6 is 0 Å². The lowest BCUT2D eigenvalue weighted by molar-refractivity contribution is -0.0998. The molecule has 28 heavy (non-hydrogen) atoms. The van der Waals surface area contributed by atoms with Gasteiger partial charge in [-0.3, -0.25) is 4.90 Å². The van der Waals surface area contributed by atoms with Gasteiger partial charge in [-0.15, -0.1) is 0 Å². The van der Waals surface area contributed by atoms with Crippen LogP contribution < -0.4 is 4.90 Å². The van der Waals surface area contributed by atoms with Crippen LogP contribution in [-0.2, 0) is 0 Å². The number of anilines is 1. The molecular formula is C22H26F3N3. The first-order valence-electron chi connectivity index (χ1n) is 9.56. The van der Waals surface area contributed by atoms with Crippen molar-refractivity contribution < 1.29 is 13.2 Å². The lowest BCUT2D eigenvalue weighted by Gasteiger charge is -2.40. The molecule has 3 nitrogen and oxygen atoms in total. The monoisotopic (exact) mass is 389 g/mol. The van der Waals surface area contributed by atoms with E-state index in [0.717, 1.165) is 11.4 Å². The molecule has 1 unspecified atom stereocenters. The van der Waals surface area contributed by atoms with Crippen LogP contribution in [0.3, 0.4) is 0 Å². The van der Waals surface area contributed by atoms with Gasteiger partial charge < -0.3 is 4.90 Å². The lowest BCUT2D eigenvalue weighted by atomic mass is 9.97. The molecule has 1 aliphatic carbocycles. The number of halogens is 3. The molecule has 0 amide bonds. The second-order valence-corrected chi connectivity index (χ2v) is 8.19. The highest BCUT2D eigenvalue weighted by Gasteiger charge is 2.41. The van der Waals surface area contributed by atoms with Crippen molar-refractivity contribution in [3.63, 3.8) is 0 Å². The SMILES string of the molecule is CC(C)(C)C#Cc1ccc(N2CCN(C3C=CCC=C3C(F)(F)F)CC2)nc1. The van der Waals surface area contributed by atoms with Crippen LogP contribution in [0.15, 0.2) is 42.1 Å². The molecule has 0 saturated carbocycles. The van der Waals surface area contributed by atoms with Gasteiger partial charge in [0.15, 0.2) is 0 Å². The third-order valence-electron chi connectivity index (χ3n) is 4.80. The van der Waals surface area contributed by atoms with Crippen molar-refractivity contribution >= 4 is 5.82 Å². The summed E-state index contributed by atoms with van der Waals surface area (Å²) in [6, 6.07) is 3.20. The lowest BCUT2D eigenvalue weighted by Crippen LogP contribution is -2.52. The first-order chi connectivity index (χ1) is 13.1. The summed E-state index contributed by atoms with van der Waals surface area (Å²) in [5.41, 5.74) is 0.361. The van der Waals surface area contributed by atoms with Gasteiger partial charge in [0.25, 0.3) is 0 Å².